The topological polar surface area (TPSA) is 86.0 Å². The van der Waals surface area contributed by atoms with E-state index in [1.165, 1.54) is 13.2 Å². The highest BCUT2D eigenvalue weighted by Crippen LogP contribution is 2.39. The molecule has 0 radical (unpaired) electrons. The summed E-state index contributed by atoms with van der Waals surface area (Å²) in [4.78, 5) is 23.6. The summed E-state index contributed by atoms with van der Waals surface area (Å²) in [5, 5.41) is 9.77. The molecule has 7 heteroatoms. The molecule has 2 aromatic carbocycles. The number of rotatable bonds is 5. The molecular formula is C21H17ClO6. The second-order valence-electron chi connectivity index (χ2n) is 6.70. The maximum atomic E-state index is 12.5. The summed E-state index contributed by atoms with van der Waals surface area (Å²) in [6.45, 7) is 0. The van der Waals surface area contributed by atoms with E-state index in [1.54, 1.807) is 36.4 Å². The first-order valence-corrected chi connectivity index (χ1v) is 9.14. The highest BCUT2D eigenvalue weighted by molar-refractivity contribution is 6.34. The zero-order chi connectivity index (χ0) is 19.8. The molecule has 28 heavy (non-hydrogen) atoms. The minimum atomic E-state index is -0.815. The SMILES string of the molecule is COc1ccc(O[C@H]2C[C@H](C(=O)O)C2)c(-c2cc(=O)c3cccc(Cl)c3o2)c1. The molecule has 0 aliphatic heterocycles. The first-order chi connectivity index (χ1) is 13.5. The molecule has 1 aliphatic rings. The van der Waals surface area contributed by atoms with Crippen molar-refractivity contribution in [1.82, 2.24) is 0 Å². The van der Waals surface area contributed by atoms with Crippen LogP contribution in [-0.2, 0) is 4.79 Å². The standard InChI is InChI=1S/C21H17ClO6/c1-26-12-5-6-18(27-13-7-11(8-13)21(24)25)15(9-12)19-10-17(23)14-3-2-4-16(22)20(14)28-19/h2-6,9-11,13H,7-8H2,1H3,(H,24,25)/t11-,13-. The number of carboxylic acid groups (broad SMARTS) is 1. The zero-order valence-corrected chi connectivity index (χ0v) is 15.7. The largest absolute Gasteiger partial charge is 0.497 e. The summed E-state index contributed by atoms with van der Waals surface area (Å²) in [6.07, 6.45) is 0.673. The van der Waals surface area contributed by atoms with Gasteiger partial charge in [0, 0.05) is 6.07 Å². The number of ether oxygens (including phenoxy) is 2. The van der Waals surface area contributed by atoms with E-state index >= 15 is 0 Å². The summed E-state index contributed by atoms with van der Waals surface area (Å²) in [7, 11) is 1.54. The number of carbonyl (C=O) groups is 1. The van der Waals surface area contributed by atoms with Gasteiger partial charge in [-0.05, 0) is 43.2 Å². The van der Waals surface area contributed by atoms with Crippen molar-refractivity contribution in [3.05, 3.63) is 57.7 Å². The lowest BCUT2D eigenvalue weighted by atomic mass is 9.82. The lowest BCUT2D eigenvalue weighted by Crippen LogP contribution is -2.38. The molecule has 1 aliphatic carbocycles. The lowest BCUT2D eigenvalue weighted by Gasteiger charge is -2.33. The molecule has 0 atom stereocenters. The molecular weight excluding hydrogens is 384 g/mol. The molecule has 0 unspecified atom stereocenters. The van der Waals surface area contributed by atoms with E-state index in [0.717, 1.165) is 0 Å². The molecule has 3 aromatic rings. The minimum Gasteiger partial charge on any atom is -0.497 e. The third kappa shape index (κ3) is 3.31. The molecule has 6 nitrogen and oxygen atoms in total. The normalized spacial score (nSPS) is 18.5. The quantitative estimate of drug-likeness (QED) is 0.684. The van der Waals surface area contributed by atoms with E-state index in [-0.39, 0.29) is 17.5 Å². The molecule has 0 spiro atoms. The number of hydrogen-bond acceptors (Lipinski definition) is 5. The summed E-state index contributed by atoms with van der Waals surface area (Å²) in [5.41, 5.74) is 0.620. The Hall–Kier alpha value is -2.99. The molecule has 4 rings (SSSR count). The van der Waals surface area contributed by atoms with E-state index in [1.807, 2.05) is 0 Å². The van der Waals surface area contributed by atoms with Crippen molar-refractivity contribution in [2.45, 2.75) is 18.9 Å². The van der Waals surface area contributed by atoms with Gasteiger partial charge in [0.15, 0.2) is 11.0 Å². The van der Waals surface area contributed by atoms with Crippen LogP contribution >= 0.6 is 11.6 Å². The van der Waals surface area contributed by atoms with Crippen LogP contribution in [0.15, 0.2) is 51.7 Å². The summed E-state index contributed by atoms with van der Waals surface area (Å²) >= 11 is 6.20. The fraction of sp³-hybridized carbons (Fsp3) is 0.238. The molecule has 144 valence electrons. The van der Waals surface area contributed by atoms with Crippen LogP contribution < -0.4 is 14.9 Å². The average molecular weight is 401 g/mol. The molecule has 0 bridgehead atoms. The predicted octanol–water partition coefficient (Wildman–Crippen LogP) is 4.36. The highest BCUT2D eigenvalue weighted by Gasteiger charge is 2.36. The second kappa shape index (κ2) is 7.20. The minimum absolute atomic E-state index is 0.205. The fourth-order valence-electron chi connectivity index (χ4n) is 3.25. The van der Waals surface area contributed by atoms with Crippen molar-refractivity contribution in [2.24, 2.45) is 5.92 Å². The van der Waals surface area contributed by atoms with Crippen LogP contribution in [0.2, 0.25) is 5.02 Å². The van der Waals surface area contributed by atoms with Crippen LogP contribution in [0, 0.1) is 5.92 Å². The van der Waals surface area contributed by atoms with Crippen LogP contribution in [0.3, 0.4) is 0 Å². The molecule has 1 N–H and O–H groups in total. The van der Waals surface area contributed by atoms with Crippen LogP contribution in [0.1, 0.15) is 12.8 Å². The van der Waals surface area contributed by atoms with Gasteiger partial charge >= 0.3 is 5.97 Å². The number of halogens is 1. The molecule has 1 aromatic heterocycles. The van der Waals surface area contributed by atoms with Gasteiger partial charge in [0.1, 0.15) is 23.4 Å². The third-order valence-electron chi connectivity index (χ3n) is 4.90. The summed E-state index contributed by atoms with van der Waals surface area (Å²) in [5.74, 6) is 0.160. The van der Waals surface area contributed by atoms with Crippen molar-refractivity contribution in [3.63, 3.8) is 0 Å². The first kappa shape index (κ1) is 18.4. The first-order valence-electron chi connectivity index (χ1n) is 8.76. The van der Waals surface area contributed by atoms with E-state index in [4.69, 9.17) is 30.6 Å². The van der Waals surface area contributed by atoms with Gasteiger partial charge in [-0.3, -0.25) is 9.59 Å². The summed E-state index contributed by atoms with van der Waals surface area (Å²) < 4.78 is 17.2. The number of methoxy groups -OCH3 is 1. The van der Waals surface area contributed by atoms with Gasteiger partial charge in [0.05, 0.1) is 29.0 Å². The smallest absolute Gasteiger partial charge is 0.306 e. The Morgan fingerprint density at radius 2 is 2.00 bits per heavy atom. The number of hydrogen-bond donors (Lipinski definition) is 1. The Morgan fingerprint density at radius 3 is 2.71 bits per heavy atom. The maximum absolute atomic E-state index is 12.5. The Balaban J connectivity index is 1.76. The van der Waals surface area contributed by atoms with Crippen molar-refractivity contribution in [2.75, 3.05) is 7.11 Å². The van der Waals surface area contributed by atoms with Gasteiger partial charge < -0.3 is 19.0 Å². The number of carboxylic acids is 1. The van der Waals surface area contributed by atoms with E-state index in [0.29, 0.717) is 51.7 Å². The number of fused-ring (bicyclic) bond motifs is 1. The van der Waals surface area contributed by atoms with Crippen molar-refractivity contribution in [1.29, 1.82) is 0 Å². The van der Waals surface area contributed by atoms with Gasteiger partial charge in [-0.25, -0.2) is 0 Å². The lowest BCUT2D eigenvalue weighted by molar-refractivity contribution is -0.147. The average Bonchev–Trinajstić information content (AvgIpc) is 2.64. The molecule has 0 saturated heterocycles. The molecule has 0 amide bonds. The van der Waals surface area contributed by atoms with Gasteiger partial charge in [0.25, 0.3) is 0 Å². The van der Waals surface area contributed by atoms with Gasteiger partial charge in [0.2, 0.25) is 0 Å². The van der Waals surface area contributed by atoms with Gasteiger partial charge in [-0.1, -0.05) is 17.7 Å². The van der Waals surface area contributed by atoms with E-state index in [2.05, 4.69) is 0 Å². The van der Waals surface area contributed by atoms with E-state index in [9.17, 15) is 9.59 Å². The highest BCUT2D eigenvalue weighted by atomic mass is 35.5. The van der Waals surface area contributed by atoms with Crippen LogP contribution in [0.5, 0.6) is 11.5 Å². The molecule has 1 fully saturated rings. The molecule has 1 heterocycles. The van der Waals surface area contributed by atoms with Crippen molar-refractivity contribution >= 4 is 28.5 Å². The van der Waals surface area contributed by atoms with E-state index < -0.39 is 5.97 Å². The van der Waals surface area contributed by atoms with Gasteiger partial charge in [-0.2, -0.15) is 0 Å². The van der Waals surface area contributed by atoms with Crippen LogP contribution in [0.4, 0.5) is 0 Å². The summed E-state index contributed by atoms with van der Waals surface area (Å²) in [6, 6.07) is 11.6. The Bertz CT molecular complexity index is 1110. The number of aliphatic carboxylic acids is 1. The Kier molecular flexibility index (Phi) is 4.73. The van der Waals surface area contributed by atoms with Crippen molar-refractivity contribution < 1.29 is 23.8 Å². The van der Waals surface area contributed by atoms with Crippen LogP contribution in [-0.4, -0.2) is 24.3 Å². The monoisotopic (exact) mass is 400 g/mol. The number of benzene rings is 2. The Labute approximate surface area is 165 Å². The molecule has 1 saturated carbocycles. The fourth-order valence-corrected chi connectivity index (χ4v) is 3.46. The van der Waals surface area contributed by atoms with Crippen molar-refractivity contribution in [3.8, 4) is 22.8 Å². The predicted molar refractivity (Wildman–Crippen MR) is 104 cm³/mol. The Morgan fingerprint density at radius 1 is 1.21 bits per heavy atom. The zero-order valence-electron chi connectivity index (χ0n) is 15.0. The second-order valence-corrected chi connectivity index (χ2v) is 7.11. The van der Waals surface area contributed by atoms with Gasteiger partial charge in [-0.15, -0.1) is 0 Å². The third-order valence-corrected chi connectivity index (χ3v) is 5.19. The maximum Gasteiger partial charge on any atom is 0.306 e. The van der Waals surface area contributed by atoms with Crippen LogP contribution in [0.25, 0.3) is 22.3 Å². The number of para-hydroxylation sites is 1.